The first-order valence-corrected chi connectivity index (χ1v) is 5.95. The highest BCUT2D eigenvalue weighted by atomic mass is 16.3. The molecule has 1 aliphatic carbocycles. The predicted octanol–water partition coefficient (Wildman–Crippen LogP) is 1.01. The molecule has 17 heavy (non-hydrogen) atoms. The summed E-state index contributed by atoms with van der Waals surface area (Å²) in [6.45, 7) is 0.926. The molecule has 0 unspecified atom stereocenters. The summed E-state index contributed by atoms with van der Waals surface area (Å²) in [5.74, 6) is 0. The van der Waals surface area contributed by atoms with Gasteiger partial charge in [-0.2, -0.15) is 0 Å². The van der Waals surface area contributed by atoms with Crippen molar-refractivity contribution in [3.8, 4) is 0 Å². The van der Waals surface area contributed by atoms with Gasteiger partial charge in [0.25, 0.3) is 0 Å². The summed E-state index contributed by atoms with van der Waals surface area (Å²) in [6.07, 6.45) is 2.24. The van der Waals surface area contributed by atoms with E-state index in [4.69, 9.17) is 5.11 Å². The number of urea groups is 1. The molecule has 0 bridgehead atoms. The molecule has 0 heterocycles. The Kier molecular flexibility index (Phi) is 3.64. The van der Waals surface area contributed by atoms with Crippen LogP contribution in [-0.4, -0.2) is 30.8 Å². The number of benzene rings is 1. The second-order valence-electron chi connectivity index (χ2n) is 4.48. The van der Waals surface area contributed by atoms with Gasteiger partial charge in [0.05, 0.1) is 6.61 Å². The van der Waals surface area contributed by atoms with Crippen LogP contribution in [0.4, 0.5) is 4.79 Å². The molecular formula is C13H18N2O2. The van der Waals surface area contributed by atoms with Gasteiger partial charge >= 0.3 is 6.03 Å². The molecule has 4 nitrogen and oxygen atoms in total. The normalized spacial score (nSPS) is 16.3. The second-order valence-corrected chi connectivity index (χ2v) is 4.48. The highest BCUT2D eigenvalue weighted by Gasteiger charge is 2.44. The Bertz CT molecular complexity index is 374. The van der Waals surface area contributed by atoms with E-state index in [0.29, 0.717) is 13.1 Å². The van der Waals surface area contributed by atoms with Crippen molar-refractivity contribution >= 4 is 6.03 Å². The van der Waals surface area contributed by atoms with Crippen LogP contribution < -0.4 is 10.6 Å². The highest BCUT2D eigenvalue weighted by molar-refractivity contribution is 5.74. The molecule has 0 spiro atoms. The number of carbonyl (C=O) groups is 1. The summed E-state index contributed by atoms with van der Waals surface area (Å²) >= 11 is 0. The van der Waals surface area contributed by atoms with Gasteiger partial charge in [0.15, 0.2) is 0 Å². The lowest BCUT2D eigenvalue weighted by molar-refractivity contribution is 0.233. The van der Waals surface area contributed by atoms with Gasteiger partial charge in [0, 0.05) is 18.5 Å². The molecule has 2 amide bonds. The molecule has 3 N–H and O–H groups in total. The maximum absolute atomic E-state index is 11.4. The number of rotatable bonds is 5. The van der Waals surface area contributed by atoms with Crippen molar-refractivity contribution in [1.29, 1.82) is 0 Å². The highest BCUT2D eigenvalue weighted by Crippen LogP contribution is 2.47. The SMILES string of the molecule is O=C(NCCO)NCC1(c2ccccc2)CC1. The first kappa shape index (κ1) is 11.9. The molecule has 1 fully saturated rings. The third-order valence-corrected chi connectivity index (χ3v) is 3.22. The molecule has 4 heteroatoms. The summed E-state index contributed by atoms with van der Waals surface area (Å²) in [5, 5.41) is 14.0. The lowest BCUT2D eigenvalue weighted by Crippen LogP contribution is -2.40. The Hall–Kier alpha value is -1.55. The van der Waals surface area contributed by atoms with Gasteiger partial charge in [0.2, 0.25) is 0 Å². The Morgan fingerprint density at radius 2 is 1.94 bits per heavy atom. The van der Waals surface area contributed by atoms with Crippen molar-refractivity contribution in [3.05, 3.63) is 35.9 Å². The Balaban J connectivity index is 1.85. The average Bonchev–Trinajstić information content (AvgIpc) is 3.16. The molecule has 0 radical (unpaired) electrons. The van der Waals surface area contributed by atoms with E-state index >= 15 is 0 Å². The largest absolute Gasteiger partial charge is 0.395 e. The zero-order valence-corrected chi connectivity index (χ0v) is 9.78. The van der Waals surface area contributed by atoms with Crippen LogP contribution in [0.3, 0.4) is 0 Å². The Morgan fingerprint density at radius 1 is 1.24 bits per heavy atom. The first-order valence-electron chi connectivity index (χ1n) is 5.95. The van der Waals surface area contributed by atoms with E-state index in [-0.39, 0.29) is 18.1 Å². The van der Waals surface area contributed by atoms with Crippen LogP contribution in [0, 0.1) is 0 Å². The van der Waals surface area contributed by atoms with Crippen LogP contribution in [0.5, 0.6) is 0 Å². The number of nitrogens with one attached hydrogen (secondary N) is 2. The maximum Gasteiger partial charge on any atom is 0.314 e. The van der Waals surface area contributed by atoms with E-state index in [9.17, 15) is 4.79 Å². The Labute approximate surface area is 101 Å². The zero-order valence-electron chi connectivity index (χ0n) is 9.78. The number of hydrogen-bond donors (Lipinski definition) is 3. The van der Waals surface area contributed by atoms with Crippen molar-refractivity contribution in [2.24, 2.45) is 0 Å². The van der Waals surface area contributed by atoms with Gasteiger partial charge in [-0.3, -0.25) is 0 Å². The molecular weight excluding hydrogens is 216 g/mol. The van der Waals surface area contributed by atoms with Crippen molar-refractivity contribution in [3.63, 3.8) is 0 Å². The van der Waals surface area contributed by atoms with Gasteiger partial charge in [-0.15, -0.1) is 0 Å². The summed E-state index contributed by atoms with van der Waals surface area (Å²) in [5.41, 5.74) is 1.43. The minimum absolute atomic E-state index is 0.0305. The fraction of sp³-hybridized carbons (Fsp3) is 0.462. The van der Waals surface area contributed by atoms with Crippen LogP contribution in [0.1, 0.15) is 18.4 Å². The predicted molar refractivity (Wildman–Crippen MR) is 65.8 cm³/mol. The number of aliphatic hydroxyl groups excluding tert-OH is 1. The standard InChI is InChI=1S/C13H18N2O2/c16-9-8-14-12(17)15-10-13(6-7-13)11-4-2-1-3-5-11/h1-5,16H,6-10H2,(H2,14,15,17). The van der Waals surface area contributed by atoms with Gasteiger partial charge < -0.3 is 15.7 Å². The van der Waals surface area contributed by atoms with E-state index in [0.717, 1.165) is 12.8 Å². The number of carbonyl (C=O) groups excluding carboxylic acids is 1. The number of aliphatic hydroxyl groups is 1. The third-order valence-electron chi connectivity index (χ3n) is 3.22. The van der Waals surface area contributed by atoms with Gasteiger partial charge in [-0.25, -0.2) is 4.79 Å². The topological polar surface area (TPSA) is 61.4 Å². The Morgan fingerprint density at radius 3 is 2.53 bits per heavy atom. The van der Waals surface area contributed by atoms with E-state index in [1.54, 1.807) is 0 Å². The van der Waals surface area contributed by atoms with Crippen molar-refractivity contribution < 1.29 is 9.90 Å². The third kappa shape index (κ3) is 2.97. The smallest absolute Gasteiger partial charge is 0.314 e. The second kappa shape index (κ2) is 5.19. The van der Waals surface area contributed by atoms with E-state index in [2.05, 4.69) is 22.8 Å². The molecule has 2 rings (SSSR count). The van der Waals surface area contributed by atoms with Crippen molar-refractivity contribution in [1.82, 2.24) is 10.6 Å². The van der Waals surface area contributed by atoms with Gasteiger partial charge in [-0.1, -0.05) is 30.3 Å². The average molecular weight is 234 g/mol. The molecule has 0 atom stereocenters. The molecule has 1 aliphatic rings. The van der Waals surface area contributed by atoms with E-state index < -0.39 is 0 Å². The zero-order chi connectivity index (χ0) is 12.1. The molecule has 0 aromatic heterocycles. The fourth-order valence-electron chi connectivity index (χ4n) is 1.99. The maximum atomic E-state index is 11.4. The molecule has 0 aliphatic heterocycles. The van der Waals surface area contributed by atoms with Crippen molar-refractivity contribution in [2.45, 2.75) is 18.3 Å². The van der Waals surface area contributed by atoms with Crippen molar-refractivity contribution in [2.75, 3.05) is 19.7 Å². The lowest BCUT2D eigenvalue weighted by Gasteiger charge is -2.16. The summed E-state index contributed by atoms with van der Waals surface area (Å²) in [7, 11) is 0. The lowest BCUT2D eigenvalue weighted by atomic mass is 9.96. The molecule has 1 aromatic rings. The molecule has 0 saturated heterocycles. The van der Waals surface area contributed by atoms with Crippen LogP contribution in [-0.2, 0) is 5.41 Å². The van der Waals surface area contributed by atoms with E-state index in [1.165, 1.54) is 5.56 Å². The monoisotopic (exact) mass is 234 g/mol. The quantitative estimate of drug-likeness (QED) is 0.712. The fourth-order valence-corrected chi connectivity index (χ4v) is 1.99. The van der Waals surface area contributed by atoms with Crippen LogP contribution in [0.25, 0.3) is 0 Å². The van der Waals surface area contributed by atoms with Crippen LogP contribution in [0.2, 0.25) is 0 Å². The van der Waals surface area contributed by atoms with Gasteiger partial charge in [-0.05, 0) is 18.4 Å². The van der Waals surface area contributed by atoms with E-state index in [1.807, 2.05) is 18.2 Å². The molecule has 92 valence electrons. The number of hydrogen-bond acceptors (Lipinski definition) is 2. The first-order chi connectivity index (χ1) is 8.27. The molecule has 1 saturated carbocycles. The summed E-state index contributed by atoms with van der Waals surface area (Å²) in [6, 6.07) is 10.1. The summed E-state index contributed by atoms with van der Waals surface area (Å²) < 4.78 is 0. The summed E-state index contributed by atoms with van der Waals surface area (Å²) in [4.78, 5) is 11.4. The number of amides is 2. The van der Waals surface area contributed by atoms with Crippen LogP contribution in [0.15, 0.2) is 30.3 Å². The minimum Gasteiger partial charge on any atom is -0.395 e. The molecule has 1 aromatic carbocycles. The van der Waals surface area contributed by atoms with Crippen LogP contribution >= 0.6 is 0 Å². The van der Waals surface area contributed by atoms with Gasteiger partial charge in [0.1, 0.15) is 0 Å². The minimum atomic E-state index is -0.207.